The molecule has 0 radical (unpaired) electrons. The van der Waals surface area contributed by atoms with E-state index in [9.17, 15) is 4.79 Å². The standard InChI is InChI=1S/C31H38N4O2S/c1-6-14-35-27-13-8-23(19-26(27)22(3)21-31(35,4)5)20-28-29(36)34(7-2)30(38-28)32-24-9-11-25(12-10-24)33-15-17-37-18-16-33/h8-13,19-21H,6-7,14-18H2,1-5H3/b28-20+,32-30?. The Bertz CT molecular complexity index is 1290. The fraction of sp³-hybridized carbons (Fsp3) is 0.419. The van der Waals surface area contributed by atoms with E-state index in [1.54, 1.807) is 4.90 Å². The zero-order chi connectivity index (χ0) is 26.9. The summed E-state index contributed by atoms with van der Waals surface area (Å²) < 4.78 is 5.46. The molecule has 2 fully saturated rings. The van der Waals surface area contributed by atoms with Gasteiger partial charge < -0.3 is 14.5 Å². The molecule has 5 rings (SSSR count). The summed E-state index contributed by atoms with van der Waals surface area (Å²) in [6.45, 7) is 15.9. The van der Waals surface area contributed by atoms with Crippen LogP contribution in [0.2, 0.25) is 0 Å². The first-order valence-electron chi connectivity index (χ1n) is 13.6. The topological polar surface area (TPSA) is 48.4 Å². The molecular weight excluding hydrogens is 492 g/mol. The van der Waals surface area contributed by atoms with E-state index in [0.29, 0.717) is 11.4 Å². The first kappa shape index (κ1) is 26.6. The maximum absolute atomic E-state index is 13.3. The highest BCUT2D eigenvalue weighted by Gasteiger charge is 2.33. The Labute approximate surface area is 231 Å². The van der Waals surface area contributed by atoms with Crippen molar-refractivity contribution in [3.63, 3.8) is 0 Å². The van der Waals surface area contributed by atoms with Crippen molar-refractivity contribution in [3.05, 3.63) is 64.6 Å². The number of carbonyl (C=O) groups is 1. The van der Waals surface area contributed by atoms with Gasteiger partial charge in [-0.3, -0.25) is 9.69 Å². The van der Waals surface area contributed by atoms with Crippen LogP contribution in [0.25, 0.3) is 11.6 Å². The lowest BCUT2D eigenvalue weighted by atomic mass is 9.88. The van der Waals surface area contributed by atoms with E-state index in [2.05, 4.69) is 73.9 Å². The van der Waals surface area contributed by atoms with Gasteiger partial charge in [0.2, 0.25) is 0 Å². The van der Waals surface area contributed by atoms with Gasteiger partial charge in [-0.1, -0.05) is 19.1 Å². The van der Waals surface area contributed by atoms with E-state index in [1.807, 2.05) is 25.1 Å². The van der Waals surface area contributed by atoms with Gasteiger partial charge in [0, 0.05) is 43.1 Å². The van der Waals surface area contributed by atoms with Gasteiger partial charge in [0.15, 0.2) is 5.17 Å². The molecule has 0 bridgehead atoms. The number of amidine groups is 1. The minimum Gasteiger partial charge on any atom is -0.378 e. The average Bonchev–Trinajstić information content (AvgIpc) is 3.20. The fourth-order valence-corrected chi connectivity index (χ4v) is 6.58. The molecule has 3 aliphatic rings. The molecule has 0 N–H and O–H groups in total. The third-order valence-electron chi connectivity index (χ3n) is 7.40. The average molecular weight is 531 g/mol. The number of fused-ring (bicyclic) bond motifs is 1. The number of nitrogens with zero attached hydrogens (tertiary/aromatic N) is 4. The number of likely N-dealkylation sites (N-methyl/N-ethyl adjacent to an activating group) is 1. The van der Waals surface area contributed by atoms with E-state index in [0.717, 1.165) is 55.7 Å². The molecule has 38 heavy (non-hydrogen) atoms. The van der Waals surface area contributed by atoms with Crippen LogP contribution in [0.1, 0.15) is 52.2 Å². The van der Waals surface area contributed by atoms with E-state index in [4.69, 9.17) is 9.73 Å². The lowest BCUT2D eigenvalue weighted by Crippen LogP contribution is -2.45. The molecule has 2 saturated heterocycles. The number of thioether (sulfide) groups is 1. The zero-order valence-electron chi connectivity index (χ0n) is 23.2. The molecule has 0 aliphatic carbocycles. The molecule has 0 saturated carbocycles. The highest BCUT2D eigenvalue weighted by atomic mass is 32.2. The minimum atomic E-state index is -0.0161. The third kappa shape index (κ3) is 5.27. The van der Waals surface area contributed by atoms with Gasteiger partial charge >= 0.3 is 0 Å². The van der Waals surface area contributed by atoms with Crippen molar-refractivity contribution in [1.82, 2.24) is 4.90 Å². The van der Waals surface area contributed by atoms with Crippen molar-refractivity contribution in [3.8, 4) is 0 Å². The van der Waals surface area contributed by atoms with Gasteiger partial charge in [0.05, 0.1) is 29.3 Å². The van der Waals surface area contributed by atoms with Crippen molar-refractivity contribution in [2.24, 2.45) is 4.99 Å². The molecule has 3 heterocycles. The van der Waals surface area contributed by atoms with Crippen molar-refractivity contribution in [2.75, 3.05) is 49.2 Å². The van der Waals surface area contributed by atoms with E-state index in [1.165, 1.54) is 34.3 Å². The summed E-state index contributed by atoms with van der Waals surface area (Å²) in [6.07, 6.45) is 5.46. The normalized spacial score (nSPS) is 21.3. The predicted molar refractivity (Wildman–Crippen MR) is 161 cm³/mol. The largest absolute Gasteiger partial charge is 0.378 e. The number of allylic oxidation sites excluding steroid dienone is 1. The second-order valence-corrected chi connectivity index (χ2v) is 11.6. The predicted octanol–water partition coefficient (Wildman–Crippen LogP) is 6.56. The first-order valence-corrected chi connectivity index (χ1v) is 14.5. The quantitative estimate of drug-likeness (QED) is 0.396. The van der Waals surface area contributed by atoms with Crippen molar-refractivity contribution >= 4 is 51.5 Å². The van der Waals surface area contributed by atoms with Crippen LogP contribution in [0.5, 0.6) is 0 Å². The SMILES string of the molecule is CCCN1c2ccc(/C=C3/SC(=Nc4ccc(N5CCOCC5)cc4)N(CC)C3=O)cc2C(C)=CC1(C)C. The van der Waals surface area contributed by atoms with Crippen LogP contribution < -0.4 is 9.80 Å². The minimum absolute atomic E-state index is 0.0138. The van der Waals surface area contributed by atoms with Crippen molar-refractivity contribution in [1.29, 1.82) is 0 Å². The second kappa shape index (κ2) is 11.0. The number of hydrogen-bond donors (Lipinski definition) is 0. The molecule has 7 heteroatoms. The van der Waals surface area contributed by atoms with Crippen LogP contribution in [0.3, 0.4) is 0 Å². The molecule has 2 aromatic rings. The van der Waals surface area contributed by atoms with Gasteiger partial charge in [-0.05, 0) is 99.5 Å². The van der Waals surface area contributed by atoms with Crippen LogP contribution in [0.15, 0.2) is 58.4 Å². The number of carbonyl (C=O) groups excluding carboxylic acids is 1. The number of anilines is 2. The van der Waals surface area contributed by atoms with E-state index in [-0.39, 0.29) is 11.4 Å². The molecule has 0 spiro atoms. The molecular formula is C31H38N4O2S. The number of hydrogen-bond acceptors (Lipinski definition) is 6. The van der Waals surface area contributed by atoms with Gasteiger partial charge in [-0.25, -0.2) is 4.99 Å². The number of morpholine rings is 1. The smallest absolute Gasteiger partial charge is 0.266 e. The fourth-order valence-electron chi connectivity index (χ4n) is 5.51. The summed E-state index contributed by atoms with van der Waals surface area (Å²) in [5, 5.41) is 0.729. The van der Waals surface area contributed by atoms with Crippen molar-refractivity contribution in [2.45, 2.75) is 46.6 Å². The second-order valence-electron chi connectivity index (χ2n) is 10.6. The first-order chi connectivity index (χ1) is 18.3. The molecule has 6 nitrogen and oxygen atoms in total. The maximum Gasteiger partial charge on any atom is 0.266 e. The summed E-state index contributed by atoms with van der Waals surface area (Å²) in [4.78, 5) is 25.4. The Hall–Kier alpha value is -3.03. The Morgan fingerprint density at radius 1 is 1.08 bits per heavy atom. The maximum atomic E-state index is 13.3. The highest BCUT2D eigenvalue weighted by Crippen LogP contribution is 2.40. The highest BCUT2D eigenvalue weighted by molar-refractivity contribution is 8.18. The molecule has 200 valence electrons. The lowest BCUT2D eigenvalue weighted by Gasteiger charge is -2.43. The summed E-state index contributed by atoms with van der Waals surface area (Å²) in [7, 11) is 0. The van der Waals surface area contributed by atoms with Crippen LogP contribution in [-0.4, -0.2) is 60.9 Å². The molecule has 0 unspecified atom stereocenters. The Kier molecular flexibility index (Phi) is 7.68. The van der Waals surface area contributed by atoms with E-state index < -0.39 is 0 Å². The molecule has 2 aromatic carbocycles. The molecule has 3 aliphatic heterocycles. The number of amides is 1. The number of rotatable bonds is 6. The van der Waals surface area contributed by atoms with Crippen LogP contribution in [-0.2, 0) is 9.53 Å². The summed E-state index contributed by atoms with van der Waals surface area (Å²) >= 11 is 1.46. The van der Waals surface area contributed by atoms with Crippen LogP contribution in [0, 0.1) is 0 Å². The van der Waals surface area contributed by atoms with Gasteiger partial charge in [0.25, 0.3) is 5.91 Å². The van der Waals surface area contributed by atoms with E-state index >= 15 is 0 Å². The summed E-state index contributed by atoms with van der Waals surface area (Å²) in [5.74, 6) is 0.0138. The van der Waals surface area contributed by atoms with Crippen LogP contribution in [0.4, 0.5) is 17.1 Å². The monoisotopic (exact) mass is 530 g/mol. The Morgan fingerprint density at radius 3 is 2.50 bits per heavy atom. The number of benzene rings is 2. The van der Waals surface area contributed by atoms with Crippen molar-refractivity contribution < 1.29 is 9.53 Å². The van der Waals surface area contributed by atoms with Crippen LogP contribution >= 0.6 is 11.8 Å². The zero-order valence-corrected chi connectivity index (χ0v) is 24.0. The molecule has 1 amide bonds. The van der Waals surface area contributed by atoms with Gasteiger partial charge in [-0.2, -0.15) is 0 Å². The Balaban J connectivity index is 1.39. The lowest BCUT2D eigenvalue weighted by molar-refractivity contribution is -0.122. The number of ether oxygens (including phenoxy) is 1. The van der Waals surface area contributed by atoms with Gasteiger partial charge in [0.1, 0.15) is 0 Å². The summed E-state index contributed by atoms with van der Waals surface area (Å²) in [5.41, 5.74) is 6.84. The Morgan fingerprint density at radius 2 is 1.82 bits per heavy atom. The molecule has 0 aromatic heterocycles. The van der Waals surface area contributed by atoms with Gasteiger partial charge in [-0.15, -0.1) is 0 Å². The number of aliphatic imine (C=N–C) groups is 1. The third-order valence-corrected chi connectivity index (χ3v) is 8.41. The summed E-state index contributed by atoms with van der Waals surface area (Å²) in [6, 6.07) is 14.8. The molecule has 0 atom stereocenters.